The molecular formula is C16H19NO3. The third kappa shape index (κ3) is 1.91. The number of carbonyl (C=O) groups excluding carboxylic acids is 1. The van der Waals surface area contributed by atoms with Crippen LogP contribution in [0.4, 0.5) is 0 Å². The van der Waals surface area contributed by atoms with Crippen LogP contribution in [0.25, 0.3) is 10.9 Å². The molecule has 0 radical (unpaired) electrons. The van der Waals surface area contributed by atoms with Gasteiger partial charge in [0.2, 0.25) is 0 Å². The first kappa shape index (κ1) is 13.2. The smallest absolute Gasteiger partial charge is 0.305 e. The van der Waals surface area contributed by atoms with Crippen LogP contribution in [-0.4, -0.2) is 17.6 Å². The van der Waals surface area contributed by atoms with E-state index in [1.54, 1.807) is 6.92 Å². The van der Waals surface area contributed by atoms with Gasteiger partial charge in [0.25, 0.3) is 5.79 Å². The molecule has 4 heteroatoms. The van der Waals surface area contributed by atoms with Crippen LogP contribution >= 0.6 is 0 Å². The largest absolute Gasteiger partial charge is 0.427 e. The van der Waals surface area contributed by atoms with Crippen LogP contribution in [0, 0.1) is 0 Å². The van der Waals surface area contributed by atoms with Crippen LogP contribution in [0.5, 0.6) is 0 Å². The number of fused-ring (bicyclic) bond motifs is 3. The Balaban J connectivity index is 2.22. The van der Waals surface area contributed by atoms with Crippen LogP contribution in [0.1, 0.15) is 37.6 Å². The van der Waals surface area contributed by atoms with Crippen molar-refractivity contribution < 1.29 is 14.3 Å². The highest BCUT2D eigenvalue weighted by Crippen LogP contribution is 2.38. The van der Waals surface area contributed by atoms with Gasteiger partial charge in [-0.05, 0) is 24.0 Å². The summed E-state index contributed by atoms with van der Waals surface area (Å²) in [5, 5.41) is 1.21. The highest BCUT2D eigenvalue weighted by molar-refractivity contribution is 5.88. The number of aryl methyl sites for hydroxylation is 1. The molecule has 0 saturated carbocycles. The molecule has 0 spiro atoms. The number of aromatic amines is 1. The fourth-order valence-electron chi connectivity index (χ4n) is 3.05. The van der Waals surface area contributed by atoms with Crippen LogP contribution in [0.3, 0.4) is 0 Å². The predicted molar refractivity (Wildman–Crippen MR) is 76.5 cm³/mol. The summed E-state index contributed by atoms with van der Waals surface area (Å²) in [6.45, 7) is 5.90. The molecule has 4 nitrogen and oxygen atoms in total. The number of nitrogens with one attached hydrogen (secondary N) is 1. The van der Waals surface area contributed by atoms with Gasteiger partial charge in [-0.3, -0.25) is 4.79 Å². The van der Waals surface area contributed by atoms with Gasteiger partial charge in [0.15, 0.2) is 0 Å². The molecule has 1 aromatic carbocycles. The average Bonchev–Trinajstić information content (AvgIpc) is 2.78. The van der Waals surface area contributed by atoms with Crippen molar-refractivity contribution >= 4 is 16.9 Å². The second-order valence-corrected chi connectivity index (χ2v) is 5.31. The van der Waals surface area contributed by atoms with Crippen molar-refractivity contribution in [2.24, 2.45) is 0 Å². The quantitative estimate of drug-likeness (QED) is 0.856. The number of hydrogen-bond donors (Lipinski definition) is 1. The van der Waals surface area contributed by atoms with Gasteiger partial charge in [0, 0.05) is 24.8 Å². The zero-order chi connectivity index (χ0) is 14.3. The molecule has 1 aromatic heterocycles. The van der Waals surface area contributed by atoms with Gasteiger partial charge in [0.05, 0.1) is 12.3 Å². The zero-order valence-corrected chi connectivity index (χ0v) is 12.1. The summed E-state index contributed by atoms with van der Waals surface area (Å²) >= 11 is 0. The third-order valence-corrected chi connectivity index (χ3v) is 3.93. The minimum Gasteiger partial charge on any atom is -0.427 e. The van der Waals surface area contributed by atoms with E-state index in [9.17, 15) is 4.79 Å². The molecule has 0 amide bonds. The molecule has 0 bridgehead atoms. The highest BCUT2D eigenvalue weighted by atomic mass is 16.7. The number of rotatable bonds is 2. The van der Waals surface area contributed by atoms with E-state index >= 15 is 0 Å². The number of aromatic nitrogens is 1. The van der Waals surface area contributed by atoms with Gasteiger partial charge in [-0.1, -0.05) is 25.1 Å². The van der Waals surface area contributed by atoms with Crippen molar-refractivity contribution in [3.63, 3.8) is 0 Å². The Morgan fingerprint density at radius 2 is 2.30 bits per heavy atom. The Morgan fingerprint density at radius 1 is 1.50 bits per heavy atom. The average molecular weight is 273 g/mol. The maximum Gasteiger partial charge on any atom is 0.305 e. The molecule has 0 saturated heterocycles. The molecule has 0 fully saturated rings. The van der Waals surface area contributed by atoms with Gasteiger partial charge in [-0.15, -0.1) is 0 Å². The van der Waals surface area contributed by atoms with Gasteiger partial charge in [-0.25, -0.2) is 0 Å². The van der Waals surface area contributed by atoms with E-state index < -0.39 is 5.79 Å². The van der Waals surface area contributed by atoms with E-state index in [-0.39, 0.29) is 5.97 Å². The Kier molecular flexibility index (Phi) is 3.05. The van der Waals surface area contributed by atoms with E-state index in [4.69, 9.17) is 9.47 Å². The maximum absolute atomic E-state index is 11.3. The van der Waals surface area contributed by atoms with E-state index in [1.165, 1.54) is 23.4 Å². The number of esters is 1. The number of carbonyl (C=O) groups is 1. The Labute approximate surface area is 118 Å². The molecule has 20 heavy (non-hydrogen) atoms. The standard InChI is InChI=1S/C16H19NO3/c1-4-11-6-5-7-12-13-8-9-19-16(3,20-10(2)18)15(13)17-14(11)12/h5-7,17H,4,8-9H2,1-3H3. The van der Waals surface area contributed by atoms with Crippen LogP contribution in [-0.2, 0) is 32.9 Å². The molecule has 3 rings (SSSR count). The molecule has 2 aromatic rings. The molecule has 1 atom stereocenters. The minimum absolute atomic E-state index is 0.338. The first-order valence-corrected chi connectivity index (χ1v) is 7.01. The van der Waals surface area contributed by atoms with Gasteiger partial charge in [0.1, 0.15) is 0 Å². The Morgan fingerprint density at radius 3 is 3.00 bits per heavy atom. The Hall–Kier alpha value is -1.81. The van der Waals surface area contributed by atoms with Crippen LogP contribution < -0.4 is 0 Å². The van der Waals surface area contributed by atoms with E-state index in [0.29, 0.717) is 6.61 Å². The molecule has 2 heterocycles. The first-order chi connectivity index (χ1) is 9.55. The fourth-order valence-corrected chi connectivity index (χ4v) is 3.05. The SMILES string of the molecule is CCc1cccc2c3c([nH]c12)C(C)(OC(C)=O)OCC3. The number of para-hydroxylation sites is 1. The molecule has 1 N–H and O–H groups in total. The van der Waals surface area contributed by atoms with E-state index in [1.807, 2.05) is 0 Å². The van der Waals surface area contributed by atoms with Crippen molar-refractivity contribution in [3.05, 3.63) is 35.0 Å². The van der Waals surface area contributed by atoms with E-state index in [0.717, 1.165) is 24.1 Å². The molecule has 1 unspecified atom stereocenters. The van der Waals surface area contributed by atoms with Crippen molar-refractivity contribution in [3.8, 4) is 0 Å². The number of hydrogen-bond acceptors (Lipinski definition) is 3. The monoisotopic (exact) mass is 273 g/mol. The van der Waals surface area contributed by atoms with Gasteiger partial charge >= 0.3 is 5.97 Å². The lowest BCUT2D eigenvalue weighted by molar-refractivity contribution is -0.234. The zero-order valence-electron chi connectivity index (χ0n) is 12.1. The highest BCUT2D eigenvalue weighted by Gasteiger charge is 2.39. The van der Waals surface area contributed by atoms with Crippen molar-refractivity contribution in [1.82, 2.24) is 4.98 Å². The summed E-state index contributed by atoms with van der Waals surface area (Å²) in [7, 11) is 0. The maximum atomic E-state index is 11.3. The van der Waals surface area contributed by atoms with Gasteiger partial charge in [-0.2, -0.15) is 0 Å². The number of benzene rings is 1. The normalized spacial score (nSPS) is 21.8. The molecule has 0 aliphatic carbocycles. The molecular weight excluding hydrogens is 254 g/mol. The lowest BCUT2D eigenvalue weighted by Gasteiger charge is -2.32. The van der Waals surface area contributed by atoms with Crippen molar-refractivity contribution in [2.45, 2.75) is 39.4 Å². The summed E-state index contributed by atoms with van der Waals surface area (Å²) in [6, 6.07) is 6.31. The summed E-state index contributed by atoms with van der Waals surface area (Å²) in [6.07, 6.45) is 1.79. The molecule has 106 valence electrons. The number of ether oxygens (including phenoxy) is 2. The lowest BCUT2D eigenvalue weighted by atomic mass is 10.00. The van der Waals surface area contributed by atoms with Crippen LogP contribution in [0.15, 0.2) is 18.2 Å². The van der Waals surface area contributed by atoms with E-state index in [2.05, 4.69) is 30.1 Å². The van der Waals surface area contributed by atoms with Gasteiger partial charge < -0.3 is 14.5 Å². The summed E-state index contributed by atoms with van der Waals surface area (Å²) in [5.41, 5.74) is 4.46. The third-order valence-electron chi connectivity index (χ3n) is 3.93. The van der Waals surface area contributed by atoms with Crippen LogP contribution in [0.2, 0.25) is 0 Å². The first-order valence-electron chi connectivity index (χ1n) is 7.01. The predicted octanol–water partition coefficient (Wildman–Crippen LogP) is 3.04. The summed E-state index contributed by atoms with van der Waals surface area (Å²) in [4.78, 5) is 14.8. The van der Waals surface area contributed by atoms with Crippen molar-refractivity contribution in [2.75, 3.05) is 6.61 Å². The Bertz CT molecular complexity index is 674. The van der Waals surface area contributed by atoms with Crippen molar-refractivity contribution in [1.29, 1.82) is 0 Å². The lowest BCUT2D eigenvalue weighted by Crippen LogP contribution is -2.36. The summed E-state index contributed by atoms with van der Waals surface area (Å²) in [5.74, 6) is -1.35. The molecule has 1 aliphatic heterocycles. The molecule has 1 aliphatic rings. The fraction of sp³-hybridized carbons (Fsp3) is 0.438. The second-order valence-electron chi connectivity index (χ2n) is 5.31. The minimum atomic E-state index is -1.01. The summed E-state index contributed by atoms with van der Waals surface area (Å²) < 4.78 is 11.1. The number of H-pyrrole nitrogens is 1. The topological polar surface area (TPSA) is 51.3 Å². The second kappa shape index (κ2) is 4.63.